The Kier molecular flexibility index (Phi) is 2.76. The van der Waals surface area contributed by atoms with Crippen LogP contribution in [0, 0.1) is 11.8 Å². The molecule has 0 bridgehead atoms. The van der Waals surface area contributed by atoms with E-state index in [-0.39, 0.29) is 0 Å². The van der Waals surface area contributed by atoms with Crippen molar-refractivity contribution in [3.05, 3.63) is 0 Å². The van der Waals surface area contributed by atoms with Gasteiger partial charge in [-0.3, -0.25) is 0 Å². The minimum absolute atomic E-state index is 0.497. The standard InChI is InChI=1S/C10H17BrS/c1-12-10(11)8-6-4-2-3-5-7-9(8)10/h8-9H,2-7H2,1H3/t8-,9+,10?. The maximum absolute atomic E-state index is 3.91. The van der Waals surface area contributed by atoms with Gasteiger partial charge in [0.25, 0.3) is 0 Å². The molecule has 2 saturated carbocycles. The van der Waals surface area contributed by atoms with Crippen LogP contribution in [-0.2, 0) is 0 Å². The number of hydrogen-bond donors (Lipinski definition) is 0. The number of halogens is 1. The van der Waals surface area contributed by atoms with E-state index in [0.717, 1.165) is 11.8 Å². The molecule has 70 valence electrons. The first-order chi connectivity index (χ1) is 5.79. The van der Waals surface area contributed by atoms with Crippen molar-refractivity contribution in [2.75, 3.05) is 6.26 Å². The lowest BCUT2D eigenvalue weighted by Crippen LogP contribution is -1.94. The van der Waals surface area contributed by atoms with Crippen molar-refractivity contribution in [1.29, 1.82) is 0 Å². The van der Waals surface area contributed by atoms with E-state index >= 15 is 0 Å². The van der Waals surface area contributed by atoms with Gasteiger partial charge in [0.1, 0.15) is 0 Å². The van der Waals surface area contributed by atoms with Gasteiger partial charge in [-0.15, -0.1) is 11.8 Å². The highest BCUT2D eigenvalue weighted by Gasteiger charge is 2.61. The van der Waals surface area contributed by atoms with Crippen molar-refractivity contribution in [3.8, 4) is 0 Å². The number of alkyl halides is 1. The van der Waals surface area contributed by atoms with Crippen LogP contribution in [0.4, 0.5) is 0 Å². The Hall–Kier alpha value is 0.830. The summed E-state index contributed by atoms with van der Waals surface area (Å²) in [5.41, 5.74) is 0. The van der Waals surface area contributed by atoms with Gasteiger partial charge in [0.2, 0.25) is 0 Å². The highest BCUT2D eigenvalue weighted by molar-refractivity contribution is 9.12. The van der Waals surface area contributed by atoms with E-state index in [4.69, 9.17) is 0 Å². The highest BCUT2D eigenvalue weighted by atomic mass is 79.9. The third-order valence-electron chi connectivity index (χ3n) is 3.48. The molecule has 0 aromatic rings. The Bertz CT molecular complexity index is 155. The van der Waals surface area contributed by atoms with Crippen molar-refractivity contribution < 1.29 is 0 Å². The van der Waals surface area contributed by atoms with Gasteiger partial charge in [-0.05, 0) is 30.9 Å². The zero-order valence-electron chi connectivity index (χ0n) is 7.68. The SMILES string of the molecule is CSC1(Br)[C@@H]2CCCCCC[C@@H]21. The van der Waals surface area contributed by atoms with Crippen molar-refractivity contribution in [2.45, 2.75) is 42.2 Å². The summed E-state index contributed by atoms with van der Waals surface area (Å²) in [7, 11) is 0. The maximum Gasteiger partial charge on any atom is 0.0768 e. The second-order valence-corrected chi connectivity index (χ2v) is 7.03. The van der Waals surface area contributed by atoms with E-state index in [1.165, 1.54) is 38.5 Å². The summed E-state index contributed by atoms with van der Waals surface area (Å²) in [6, 6.07) is 0. The molecular formula is C10H17BrS. The zero-order valence-corrected chi connectivity index (χ0v) is 10.1. The summed E-state index contributed by atoms with van der Waals surface area (Å²) in [5.74, 6) is 1.99. The molecule has 0 nitrogen and oxygen atoms in total. The Labute approximate surface area is 88.0 Å². The quantitative estimate of drug-likeness (QED) is 0.632. The Balaban J connectivity index is 1.97. The van der Waals surface area contributed by atoms with Crippen LogP contribution in [0.25, 0.3) is 0 Å². The second kappa shape index (κ2) is 3.53. The molecule has 3 atom stereocenters. The molecule has 0 heterocycles. The molecule has 2 aliphatic carbocycles. The average molecular weight is 249 g/mol. The molecule has 12 heavy (non-hydrogen) atoms. The summed E-state index contributed by atoms with van der Waals surface area (Å²) in [6.45, 7) is 0. The second-order valence-electron chi connectivity index (χ2n) is 4.11. The van der Waals surface area contributed by atoms with Gasteiger partial charge in [-0.25, -0.2) is 0 Å². The van der Waals surface area contributed by atoms with Crippen LogP contribution in [0.15, 0.2) is 0 Å². The van der Waals surface area contributed by atoms with Crippen molar-refractivity contribution in [1.82, 2.24) is 0 Å². The Morgan fingerprint density at radius 1 is 1.08 bits per heavy atom. The smallest absolute Gasteiger partial charge is 0.0768 e. The lowest BCUT2D eigenvalue weighted by molar-refractivity contribution is 0.485. The van der Waals surface area contributed by atoms with Gasteiger partial charge in [-0.2, -0.15) is 0 Å². The molecule has 1 unspecified atom stereocenters. The predicted molar refractivity (Wildman–Crippen MR) is 59.9 cm³/mol. The van der Waals surface area contributed by atoms with E-state index in [1.54, 1.807) is 0 Å². The van der Waals surface area contributed by atoms with Crippen LogP contribution in [0.1, 0.15) is 38.5 Å². The summed E-state index contributed by atoms with van der Waals surface area (Å²) in [6.07, 6.45) is 11.1. The topological polar surface area (TPSA) is 0 Å². The normalized spacial score (nSPS) is 47.5. The largest absolute Gasteiger partial charge is 0.146 e. The zero-order chi connectivity index (χ0) is 8.60. The maximum atomic E-state index is 3.91. The molecule has 2 fully saturated rings. The third-order valence-corrected chi connectivity index (χ3v) is 6.86. The fraction of sp³-hybridized carbons (Fsp3) is 1.00. The molecule has 0 amide bonds. The van der Waals surface area contributed by atoms with Gasteiger partial charge in [0.15, 0.2) is 0 Å². The van der Waals surface area contributed by atoms with Crippen molar-refractivity contribution >= 4 is 27.7 Å². The van der Waals surface area contributed by atoms with E-state index in [0.29, 0.717) is 3.66 Å². The number of thioether (sulfide) groups is 1. The fourth-order valence-electron chi connectivity index (χ4n) is 2.65. The van der Waals surface area contributed by atoms with Crippen LogP contribution in [-0.4, -0.2) is 9.91 Å². The molecule has 0 aromatic carbocycles. The van der Waals surface area contributed by atoms with Crippen LogP contribution >= 0.6 is 27.7 Å². The molecule has 0 N–H and O–H groups in total. The lowest BCUT2D eigenvalue weighted by atomic mass is 10.0. The van der Waals surface area contributed by atoms with Crippen molar-refractivity contribution in [3.63, 3.8) is 0 Å². The molecule has 2 aliphatic rings. The number of hydrogen-bond acceptors (Lipinski definition) is 1. The lowest BCUT2D eigenvalue weighted by Gasteiger charge is -2.04. The predicted octanol–water partition coefficient (Wildman–Crippen LogP) is 4.04. The van der Waals surface area contributed by atoms with E-state index in [9.17, 15) is 0 Å². The van der Waals surface area contributed by atoms with Crippen molar-refractivity contribution in [2.24, 2.45) is 11.8 Å². The van der Waals surface area contributed by atoms with Crippen LogP contribution in [0.5, 0.6) is 0 Å². The summed E-state index contributed by atoms with van der Waals surface area (Å²) in [4.78, 5) is 0. The third kappa shape index (κ3) is 1.45. The van der Waals surface area contributed by atoms with Gasteiger partial charge in [0, 0.05) is 0 Å². The Morgan fingerprint density at radius 3 is 2.00 bits per heavy atom. The van der Waals surface area contributed by atoms with Gasteiger partial charge < -0.3 is 0 Å². The van der Waals surface area contributed by atoms with Crippen LogP contribution in [0.2, 0.25) is 0 Å². The molecule has 0 radical (unpaired) electrons. The summed E-state index contributed by atoms with van der Waals surface area (Å²) in [5, 5.41) is 0. The molecule has 0 aromatic heterocycles. The summed E-state index contributed by atoms with van der Waals surface area (Å²) >= 11 is 5.95. The minimum atomic E-state index is 0.497. The average Bonchev–Trinajstić information content (AvgIpc) is 2.54. The fourth-order valence-corrected chi connectivity index (χ4v) is 4.72. The molecule has 0 spiro atoms. The first kappa shape index (κ1) is 9.39. The van der Waals surface area contributed by atoms with E-state index in [2.05, 4.69) is 22.2 Å². The van der Waals surface area contributed by atoms with E-state index < -0.39 is 0 Å². The first-order valence-corrected chi connectivity index (χ1v) is 7.05. The minimum Gasteiger partial charge on any atom is -0.146 e. The monoisotopic (exact) mass is 248 g/mol. The highest BCUT2D eigenvalue weighted by Crippen LogP contribution is 2.67. The Morgan fingerprint density at radius 2 is 1.58 bits per heavy atom. The summed E-state index contributed by atoms with van der Waals surface area (Å²) < 4.78 is 0.497. The molecule has 2 heteroatoms. The molecule has 2 rings (SSSR count). The molecule has 0 saturated heterocycles. The molecular weight excluding hydrogens is 232 g/mol. The van der Waals surface area contributed by atoms with Crippen LogP contribution in [0.3, 0.4) is 0 Å². The number of rotatable bonds is 1. The van der Waals surface area contributed by atoms with E-state index in [1.807, 2.05) is 11.8 Å². The first-order valence-electron chi connectivity index (χ1n) is 5.03. The molecule has 0 aliphatic heterocycles. The van der Waals surface area contributed by atoms with Gasteiger partial charge in [0.05, 0.1) is 3.66 Å². The van der Waals surface area contributed by atoms with Gasteiger partial charge >= 0.3 is 0 Å². The van der Waals surface area contributed by atoms with Gasteiger partial charge in [-0.1, -0.05) is 41.6 Å². The van der Waals surface area contributed by atoms with Crippen LogP contribution < -0.4 is 0 Å². The number of fused-ring (bicyclic) bond motifs is 1.